The lowest BCUT2D eigenvalue weighted by Crippen LogP contribution is -2.54. The van der Waals surface area contributed by atoms with E-state index in [9.17, 15) is 4.79 Å². The van der Waals surface area contributed by atoms with Gasteiger partial charge in [0.2, 0.25) is 0 Å². The third-order valence-electron chi connectivity index (χ3n) is 10.9. The number of carbonyl (C=O) groups excluding carboxylic acids is 1. The highest BCUT2D eigenvalue weighted by Gasteiger charge is 2.60. The molecule has 0 unspecified atom stereocenters. The van der Waals surface area contributed by atoms with E-state index in [2.05, 4.69) is 60.7 Å². The van der Waals surface area contributed by atoms with E-state index in [1.54, 1.807) is 0 Å². The van der Waals surface area contributed by atoms with Crippen LogP contribution in [0.25, 0.3) is 0 Å². The molecule has 4 saturated carbocycles. The van der Waals surface area contributed by atoms with Crippen molar-refractivity contribution in [2.24, 2.45) is 34.5 Å². The van der Waals surface area contributed by atoms with Crippen LogP contribution in [-0.2, 0) is 9.22 Å². The van der Waals surface area contributed by atoms with Crippen molar-refractivity contribution in [1.82, 2.24) is 0 Å². The van der Waals surface area contributed by atoms with Crippen LogP contribution in [0.4, 0.5) is 0 Å². The predicted octanol–water partition coefficient (Wildman–Crippen LogP) is 7.54. The van der Waals surface area contributed by atoms with Crippen LogP contribution < -0.4 is 0 Å². The molecule has 0 bridgehead atoms. The molecule has 170 valence electrons. The maximum absolute atomic E-state index is 12.8. The molecule has 30 heavy (non-hydrogen) atoms. The summed E-state index contributed by atoms with van der Waals surface area (Å²) in [6.07, 6.45) is 12.5. The quantitative estimate of drug-likeness (QED) is 0.334. The number of hydrogen-bond donors (Lipinski definition) is 0. The average Bonchev–Trinajstić information content (AvgIpc) is 2.90. The van der Waals surface area contributed by atoms with Gasteiger partial charge >= 0.3 is 0 Å². The molecule has 4 fully saturated rings. The topological polar surface area (TPSA) is 26.3 Å². The minimum Gasteiger partial charge on any atom is -0.414 e. The van der Waals surface area contributed by atoms with Crippen molar-refractivity contribution in [3.8, 4) is 0 Å². The van der Waals surface area contributed by atoms with Crippen LogP contribution in [-0.4, -0.2) is 20.2 Å². The third kappa shape index (κ3) is 3.32. The minimum absolute atomic E-state index is 0.152. The van der Waals surface area contributed by atoms with Crippen LogP contribution >= 0.6 is 0 Å². The Kier molecular flexibility index (Phi) is 5.54. The van der Waals surface area contributed by atoms with Gasteiger partial charge in [-0.15, -0.1) is 0 Å². The lowest BCUT2D eigenvalue weighted by atomic mass is 9.45. The predicted molar refractivity (Wildman–Crippen MR) is 128 cm³/mol. The molecule has 0 spiro atoms. The summed E-state index contributed by atoms with van der Waals surface area (Å²) >= 11 is 0. The zero-order valence-electron chi connectivity index (χ0n) is 20.9. The van der Waals surface area contributed by atoms with Crippen molar-refractivity contribution in [1.29, 1.82) is 0 Å². The largest absolute Gasteiger partial charge is 0.414 e. The number of Topliss-reactive ketones (excluding diaryl/α,β-unsaturated/α-hetero) is 1. The van der Waals surface area contributed by atoms with E-state index < -0.39 is 8.32 Å². The van der Waals surface area contributed by atoms with Crippen LogP contribution in [0.2, 0.25) is 18.1 Å². The van der Waals surface area contributed by atoms with E-state index in [1.807, 2.05) is 0 Å². The van der Waals surface area contributed by atoms with Gasteiger partial charge in [-0.05, 0) is 110 Å². The maximum Gasteiger partial charge on any atom is 0.192 e. The summed E-state index contributed by atoms with van der Waals surface area (Å²) in [5.74, 6) is 3.42. The highest BCUT2D eigenvalue weighted by molar-refractivity contribution is 6.74. The van der Waals surface area contributed by atoms with E-state index in [4.69, 9.17) is 4.43 Å². The van der Waals surface area contributed by atoms with Gasteiger partial charge in [-0.1, -0.05) is 40.7 Å². The summed E-state index contributed by atoms with van der Waals surface area (Å²) in [6.45, 7) is 19.0. The fourth-order valence-corrected chi connectivity index (χ4v) is 9.47. The molecule has 0 aromatic heterocycles. The summed E-state index contributed by atoms with van der Waals surface area (Å²) in [7, 11) is -1.70. The fraction of sp³-hybridized carbons (Fsp3) is 0.889. The average molecular weight is 431 g/mol. The van der Waals surface area contributed by atoms with Crippen molar-refractivity contribution < 1.29 is 9.22 Å². The molecule has 0 amide bonds. The van der Waals surface area contributed by atoms with Crippen LogP contribution in [0.5, 0.6) is 0 Å². The smallest absolute Gasteiger partial charge is 0.192 e. The van der Waals surface area contributed by atoms with E-state index in [-0.39, 0.29) is 5.41 Å². The molecule has 0 aromatic carbocycles. The molecule has 7 atom stereocenters. The summed E-state index contributed by atoms with van der Waals surface area (Å²) in [5, 5.41) is 0.290. The van der Waals surface area contributed by atoms with E-state index in [0.717, 1.165) is 29.7 Å². The molecule has 0 radical (unpaired) electrons. The van der Waals surface area contributed by atoms with Crippen molar-refractivity contribution in [3.05, 3.63) is 11.6 Å². The number of hydrogen-bond acceptors (Lipinski definition) is 2. The molecule has 4 aliphatic rings. The molecule has 4 aliphatic carbocycles. The molecule has 0 saturated heterocycles. The monoisotopic (exact) mass is 430 g/mol. The lowest BCUT2D eigenvalue weighted by Gasteiger charge is -2.61. The van der Waals surface area contributed by atoms with Gasteiger partial charge in [0.15, 0.2) is 14.1 Å². The van der Waals surface area contributed by atoms with Crippen LogP contribution in [0.3, 0.4) is 0 Å². The van der Waals surface area contributed by atoms with Crippen LogP contribution in [0.15, 0.2) is 11.6 Å². The molecule has 0 N–H and O–H groups in total. The number of ketones is 1. The van der Waals surface area contributed by atoms with Gasteiger partial charge in [0.05, 0.1) is 0 Å². The van der Waals surface area contributed by atoms with Crippen molar-refractivity contribution in [2.45, 2.75) is 117 Å². The van der Waals surface area contributed by atoms with Gasteiger partial charge in [-0.2, -0.15) is 0 Å². The molecule has 2 nitrogen and oxygen atoms in total. The molecule has 3 heteroatoms. The van der Waals surface area contributed by atoms with Crippen molar-refractivity contribution in [2.75, 3.05) is 0 Å². The third-order valence-corrected chi connectivity index (χ3v) is 15.4. The Morgan fingerprint density at radius 2 is 1.73 bits per heavy atom. The van der Waals surface area contributed by atoms with E-state index >= 15 is 0 Å². The van der Waals surface area contributed by atoms with Gasteiger partial charge in [0.25, 0.3) is 0 Å². The van der Waals surface area contributed by atoms with Gasteiger partial charge < -0.3 is 4.43 Å². The number of carbonyl (C=O) groups is 1. The Morgan fingerprint density at radius 3 is 2.37 bits per heavy atom. The molecule has 0 heterocycles. The minimum atomic E-state index is -1.70. The Balaban J connectivity index is 1.51. The summed E-state index contributed by atoms with van der Waals surface area (Å²) < 4.78 is 6.89. The lowest BCUT2D eigenvalue weighted by molar-refractivity contribution is -0.119. The van der Waals surface area contributed by atoms with Crippen LogP contribution in [0, 0.1) is 34.5 Å². The SMILES string of the molecule is C/C=C1/C(=O)C[C@H]2[C@@H]3CC[C@H]4C[C@@H](O[Si](C)(C)C(C)(C)C)CC[C@]4(C)[C@H]3CC[C@]12C. The number of allylic oxidation sites excluding steroid dienone is 2. The fourth-order valence-electron chi connectivity index (χ4n) is 8.07. The van der Waals surface area contributed by atoms with Gasteiger partial charge in [-0.25, -0.2) is 0 Å². The molecular formula is C27H46O2Si. The Hall–Kier alpha value is -0.413. The summed E-state index contributed by atoms with van der Waals surface area (Å²) in [5.41, 5.74) is 1.77. The van der Waals surface area contributed by atoms with Gasteiger partial charge in [0.1, 0.15) is 0 Å². The van der Waals surface area contributed by atoms with Gasteiger partial charge in [0, 0.05) is 12.5 Å². The molecule has 0 aromatic rings. The Labute approximate surface area is 186 Å². The Bertz CT molecular complexity index is 732. The Morgan fingerprint density at radius 1 is 1.03 bits per heavy atom. The van der Waals surface area contributed by atoms with E-state index in [1.165, 1.54) is 44.9 Å². The first kappa shape index (κ1) is 22.8. The first-order valence-corrected chi connectivity index (χ1v) is 15.6. The van der Waals surface area contributed by atoms with Crippen LogP contribution in [0.1, 0.15) is 92.9 Å². The second-order valence-electron chi connectivity index (χ2n) is 13.2. The first-order chi connectivity index (χ1) is 13.8. The molecule has 0 aliphatic heterocycles. The summed E-state index contributed by atoms with van der Waals surface area (Å²) in [4.78, 5) is 12.8. The number of rotatable bonds is 2. The highest BCUT2D eigenvalue weighted by atomic mass is 28.4. The molecule has 4 rings (SSSR count). The van der Waals surface area contributed by atoms with Crippen molar-refractivity contribution in [3.63, 3.8) is 0 Å². The summed E-state index contributed by atoms with van der Waals surface area (Å²) in [6, 6.07) is 0. The zero-order chi connectivity index (χ0) is 22.1. The van der Waals surface area contributed by atoms with E-state index in [0.29, 0.717) is 28.3 Å². The molecular weight excluding hydrogens is 384 g/mol. The van der Waals surface area contributed by atoms with Gasteiger partial charge in [-0.3, -0.25) is 4.79 Å². The van der Waals surface area contributed by atoms with Crippen molar-refractivity contribution >= 4 is 14.1 Å². The zero-order valence-corrected chi connectivity index (χ0v) is 21.9. The first-order valence-electron chi connectivity index (χ1n) is 12.7. The highest BCUT2D eigenvalue weighted by Crippen LogP contribution is 2.67. The standard InChI is InChI=1S/C27H46O2Si/c1-9-21-24(28)17-23-20-11-10-18-16-19(29-30(7,8)25(2,3)4)12-14-26(18,5)22(20)13-15-27(21,23)6/h9,18-20,22-23H,10-17H2,1-8H3/b21-9-/t18-,19-,20+,22-,23-,26-,27+/m0/s1. The maximum atomic E-state index is 12.8. The number of fused-ring (bicyclic) bond motifs is 5. The normalized spacial score (nSPS) is 45.8. The second-order valence-corrected chi connectivity index (χ2v) is 18.0. The second kappa shape index (κ2) is 7.30.